The largest absolute Gasteiger partial charge is 0.508 e. The third kappa shape index (κ3) is 4.94. The van der Waals surface area contributed by atoms with Crippen LogP contribution in [0.4, 0.5) is 0 Å². The van der Waals surface area contributed by atoms with Crippen molar-refractivity contribution in [2.75, 3.05) is 40.0 Å². The molecule has 1 fully saturated rings. The molecule has 1 saturated heterocycles. The number of morpholine rings is 1. The molecule has 1 amide bonds. The van der Waals surface area contributed by atoms with Crippen molar-refractivity contribution in [3.63, 3.8) is 0 Å². The fourth-order valence-corrected chi connectivity index (χ4v) is 2.50. The number of phenolic OH excluding ortho intramolecular Hbond substituents is 1. The highest BCUT2D eigenvalue weighted by atomic mass is 16.5. The number of hydrogen-bond acceptors (Lipinski definition) is 6. The molecular weight excluding hydrogens is 300 g/mol. The first kappa shape index (κ1) is 17.2. The summed E-state index contributed by atoms with van der Waals surface area (Å²) >= 11 is 0. The Morgan fingerprint density at radius 2 is 1.96 bits per heavy atom. The van der Waals surface area contributed by atoms with E-state index in [-0.39, 0.29) is 28.8 Å². The van der Waals surface area contributed by atoms with Crippen LogP contribution in [0.5, 0.6) is 5.75 Å². The van der Waals surface area contributed by atoms with Gasteiger partial charge >= 0.3 is 5.97 Å². The summed E-state index contributed by atoms with van der Waals surface area (Å²) in [7, 11) is 1.25. The van der Waals surface area contributed by atoms with Crippen molar-refractivity contribution >= 4 is 11.9 Å². The molecule has 1 unspecified atom stereocenters. The molecule has 0 radical (unpaired) electrons. The van der Waals surface area contributed by atoms with Crippen LogP contribution in [-0.2, 0) is 9.47 Å². The molecule has 0 aliphatic carbocycles. The second kappa shape index (κ2) is 7.94. The third-order valence-electron chi connectivity index (χ3n) is 3.61. The topological polar surface area (TPSA) is 88.1 Å². The number of benzene rings is 1. The first-order valence-electron chi connectivity index (χ1n) is 7.53. The summed E-state index contributed by atoms with van der Waals surface area (Å²) in [5.41, 5.74) is 0.359. The fraction of sp³-hybridized carbons (Fsp3) is 0.500. The van der Waals surface area contributed by atoms with Gasteiger partial charge in [-0.2, -0.15) is 0 Å². The first-order chi connectivity index (χ1) is 11.0. The van der Waals surface area contributed by atoms with Crippen molar-refractivity contribution in [1.82, 2.24) is 10.2 Å². The summed E-state index contributed by atoms with van der Waals surface area (Å²) in [4.78, 5) is 26.1. The molecule has 7 nitrogen and oxygen atoms in total. The Morgan fingerprint density at radius 3 is 2.61 bits per heavy atom. The van der Waals surface area contributed by atoms with Crippen LogP contribution in [0.1, 0.15) is 27.6 Å². The summed E-state index contributed by atoms with van der Waals surface area (Å²) in [6.07, 6.45) is 0. The Labute approximate surface area is 135 Å². The van der Waals surface area contributed by atoms with Gasteiger partial charge in [-0.1, -0.05) is 0 Å². The Hall–Kier alpha value is -2.12. The average Bonchev–Trinajstić information content (AvgIpc) is 2.54. The molecule has 0 saturated carbocycles. The molecule has 1 aliphatic rings. The average molecular weight is 322 g/mol. The molecule has 1 aliphatic heterocycles. The van der Waals surface area contributed by atoms with E-state index in [1.54, 1.807) is 0 Å². The zero-order valence-electron chi connectivity index (χ0n) is 13.4. The van der Waals surface area contributed by atoms with Crippen molar-refractivity contribution in [2.24, 2.45) is 0 Å². The van der Waals surface area contributed by atoms with E-state index in [2.05, 4.69) is 15.0 Å². The lowest BCUT2D eigenvalue weighted by molar-refractivity contribution is 0.0342. The number of hydrogen-bond donors (Lipinski definition) is 2. The minimum atomic E-state index is -0.601. The number of methoxy groups -OCH3 is 1. The summed E-state index contributed by atoms with van der Waals surface area (Å²) in [6.45, 7) is 5.73. The number of esters is 1. The molecule has 1 aromatic rings. The lowest BCUT2D eigenvalue weighted by Crippen LogP contribution is -2.46. The molecule has 1 aromatic carbocycles. The van der Waals surface area contributed by atoms with Gasteiger partial charge in [-0.3, -0.25) is 9.69 Å². The minimum Gasteiger partial charge on any atom is -0.508 e. The molecule has 23 heavy (non-hydrogen) atoms. The predicted octanol–water partition coefficient (Wildman–Crippen LogP) is 0.629. The highest BCUT2D eigenvalue weighted by Crippen LogP contribution is 2.16. The Bertz CT molecular complexity index is 570. The maximum absolute atomic E-state index is 12.3. The van der Waals surface area contributed by atoms with E-state index in [0.717, 1.165) is 19.6 Å². The van der Waals surface area contributed by atoms with Gasteiger partial charge in [0.2, 0.25) is 0 Å². The number of rotatable bonds is 5. The van der Waals surface area contributed by atoms with Gasteiger partial charge in [-0.25, -0.2) is 4.79 Å². The van der Waals surface area contributed by atoms with E-state index in [9.17, 15) is 14.7 Å². The third-order valence-corrected chi connectivity index (χ3v) is 3.61. The lowest BCUT2D eigenvalue weighted by Gasteiger charge is -2.29. The second-order valence-electron chi connectivity index (χ2n) is 5.55. The normalized spacial score (nSPS) is 16.6. The maximum Gasteiger partial charge on any atom is 0.338 e. The number of phenols is 1. The highest BCUT2D eigenvalue weighted by Gasteiger charge is 2.17. The van der Waals surface area contributed by atoms with E-state index < -0.39 is 5.97 Å². The molecular formula is C16H22N2O5. The van der Waals surface area contributed by atoms with E-state index in [0.29, 0.717) is 13.2 Å². The van der Waals surface area contributed by atoms with Gasteiger partial charge in [0.25, 0.3) is 5.91 Å². The van der Waals surface area contributed by atoms with Crippen LogP contribution in [0.3, 0.4) is 0 Å². The van der Waals surface area contributed by atoms with Crippen LogP contribution in [0, 0.1) is 0 Å². The van der Waals surface area contributed by atoms with E-state index in [1.165, 1.54) is 25.3 Å². The van der Waals surface area contributed by atoms with Crippen LogP contribution in [0.25, 0.3) is 0 Å². The number of nitrogens with zero attached hydrogens (tertiary/aromatic N) is 1. The molecule has 2 rings (SSSR count). The van der Waals surface area contributed by atoms with Crippen LogP contribution < -0.4 is 5.32 Å². The summed E-state index contributed by atoms with van der Waals surface area (Å²) in [5.74, 6) is -1.10. The smallest absolute Gasteiger partial charge is 0.338 e. The van der Waals surface area contributed by atoms with Crippen LogP contribution >= 0.6 is 0 Å². The van der Waals surface area contributed by atoms with Crippen molar-refractivity contribution in [1.29, 1.82) is 0 Å². The summed E-state index contributed by atoms with van der Waals surface area (Å²) < 4.78 is 9.90. The molecule has 0 spiro atoms. The van der Waals surface area contributed by atoms with Gasteiger partial charge < -0.3 is 19.9 Å². The quantitative estimate of drug-likeness (QED) is 0.773. The van der Waals surface area contributed by atoms with Gasteiger partial charge in [0.1, 0.15) is 5.75 Å². The molecule has 0 aromatic heterocycles. The molecule has 0 bridgehead atoms. The van der Waals surface area contributed by atoms with Crippen LogP contribution in [0.15, 0.2) is 18.2 Å². The molecule has 7 heteroatoms. The fourth-order valence-electron chi connectivity index (χ4n) is 2.50. The minimum absolute atomic E-state index is 0.0653. The van der Waals surface area contributed by atoms with E-state index in [1.807, 2.05) is 6.92 Å². The lowest BCUT2D eigenvalue weighted by atomic mass is 10.1. The SMILES string of the molecule is COC(=O)c1cc(O)cc(C(=O)NC(C)CN2CCOCC2)c1. The van der Waals surface area contributed by atoms with Gasteiger partial charge in [0, 0.05) is 31.2 Å². The number of carbonyl (C=O) groups is 2. The Morgan fingerprint density at radius 1 is 1.30 bits per heavy atom. The number of aromatic hydroxyl groups is 1. The van der Waals surface area contributed by atoms with Gasteiger partial charge in [0.05, 0.1) is 25.9 Å². The summed E-state index contributed by atoms with van der Waals surface area (Å²) in [5, 5.41) is 12.5. The molecule has 1 heterocycles. The van der Waals surface area contributed by atoms with Crippen LogP contribution in [-0.4, -0.2) is 67.9 Å². The second-order valence-corrected chi connectivity index (χ2v) is 5.55. The predicted molar refractivity (Wildman–Crippen MR) is 83.6 cm³/mol. The molecule has 1 atom stereocenters. The monoisotopic (exact) mass is 322 g/mol. The first-order valence-corrected chi connectivity index (χ1v) is 7.53. The van der Waals surface area contributed by atoms with E-state index >= 15 is 0 Å². The van der Waals surface area contributed by atoms with E-state index in [4.69, 9.17) is 4.74 Å². The highest BCUT2D eigenvalue weighted by molar-refractivity contribution is 5.98. The Balaban J connectivity index is 1.99. The van der Waals surface area contributed by atoms with Crippen molar-refractivity contribution in [3.05, 3.63) is 29.3 Å². The zero-order valence-corrected chi connectivity index (χ0v) is 13.4. The molecule has 2 N–H and O–H groups in total. The maximum atomic E-state index is 12.3. The number of ether oxygens (including phenoxy) is 2. The van der Waals surface area contributed by atoms with Crippen molar-refractivity contribution in [3.8, 4) is 5.75 Å². The van der Waals surface area contributed by atoms with Crippen molar-refractivity contribution in [2.45, 2.75) is 13.0 Å². The van der Waals surface area contributed by atoms with Gasteiger partial charge in [0.15, 0.2) is 0 Å². The number of nitrogens with one attached hydrogen (secondary N) is 1. The molecule has 126 valence electrons. The zero-order chi connectivity index (χ0) is 16.8. The van der Waals surface area contributed by atoms with Crippen LogP contribution in [0.2, 0.25) is 0 Å². The van der Waals surface area contributed by atoms with Crippen molar-refractivity contribution < 1.29 is 24.2 Å². The summed E-state index contributed by atoms with van der Waals surface area (Å²) in [6, 6.07) is 3.93. The van der Waals surface area contributed by atoms with Gasteiger partial charge in [-0.05, 0) is 25.1 Å². The number of amides is 1. The van der Waals surface area contributed by atoms with Gasteiger partial charge in [-0.15, -0.1) is 0 Å². The Kier molecular flexibility index (Phi) is 5.95. The number of carbonyl (C=O) groups excluding carboxylic acids is 2. The standard InChI is InChI=1S/C16H22N2O5/c1-11(10-18-3-5-23-6-4-18)17-15(20)12-7-13(16(21)22-2)9-14(19)8-12/h7-9,11,19H,3-6,10H2,1-2H3,(H,17,20).